The minimum atomic E-state index is 0.0194. The average Bonchev–Trinajstić information content (AvgIpc) is 2.34. The molecule has 1 rings (SSSR count). The molecule has 1 aromatic rings. The summed E-state index contributed by atoms with van der Waals surface area (Å²) in [6, 6.07) is 7.32. The average molecular weight is 221 g/mol. The Morgan fingerprint density at radius 1 is 1.38 bits per heavy atom. The van der Waals surface area contributed by atoms with Gasteiger partial charge in [-0.1, -0.05) is 25.5 Å². The fourth-order valence-electron chi connectivity index (χ4n) is 1.52. The summed E-state index contributed by atoms with van der Waals surface area (Å²) in [4.78, 5) is 13.8. The van der Waals surface area contributed by atoms with E-state index in [1.54, 1.807) is 24.1 Å². The lowest BCUT2D eigenvalue weighted by Gasteiger charge is -2.18. The van der Waals surface area contributed by atoms with Gasteiger partial charge in [-0.25, -0.2) is 0 Å². The smallest absolute Gasteiger partial charge is 0.257 e. The summed E-state index contributed by atoms with van der Waals surface area (Å²) in [6.07, 6.45) is 2.11. The van der Waals surface area contributed by atoms with Crippen molar-refractivity contribution in [3.05, 3.63) is 29.8 Å². The van der Waals surface area contributed by atoms with Crippen LogP contribution in [0.4, 0.5) is 0 Å². The maximum atomic E-state index is 12.1. The predicted molar refractivity (Wildman–Crippen MR) is 64.9 cm³/mol. The van der Waals surface area contributed by atoms with Gasteiger partial charge in [-0.15, -0.1) is 0 Å². The van der Waals surface area contributed by atoms with Gasteiger partial charge in [0.1, 0.15) is 5.75 Å². The first-order valence-electron chi connectivity index (χ1n) is 5.59. The molecule has 3 nitrogen and oxygen atoms in total. The van der Waals surface area contributed by atoms with Crippen molar-refractivity contribution in [3.63, 3.8) is 0 Å². The molecule has 0 aliphatic rings. The van der Waals surface area contributed by atoms with Crippen molar-refractivity contribution in [2.75, 3.05) is 20.7 Å². The first kappa shape index (κ1) is 12.6. The third kappa shape index (κ3) is 2.99. The summed E-state index contributed by atoms with van der Waals surface area (Å²) in [5, 5.41) is 0. The first-order valence-corrected chi connectivity index (χ1v) is 5.59. The molecule has 0 saturated heterocycles. The van der Waals surface area contributed by atoms with Crippen molar-refractivity contribution in [2.24, 2.45) is 0 Å². The number of rotatable bonds is 5. The Morgan fingerprint density at radius 3 is 2.69 bits per heavy atom. The summed E-state index contributed by atoms with van der Waals surface area (Å²) in [5.74, 6) is 0.654. The standard InChI is InChI=1S/C13H19NO2/c1-4-5-10-14(2)13(15)11-8-6-7-9-12(11)16-3/h6-9H,4-5,10H2,1-3H3. The second kappa shape index (κ2) is 6.16. The van der Waals surface area contributed by atoms with Gasteiger partial charge in [0.2, 0.25) is 0 Å². The zero-order valence-corrected chi connectivity index (χ0v) is 10.2. The van der Waals surface area contributed by atoms with Gasteiger partial charge in [0.25, 0.3) is 5.91 Å². The van der Waals surface area contributed by atoms with Gasteiger partial charge in [-0.2, -0.15) is 0 Å². The molecule has 3 heteroatoms. The van der Waals surface area contributed by atoms with Crippen LogP contribution < -0.4 is 4.74 Å². The van der Waals surface area contributed by atoms with Crippen LogP contribution in [0.3, 0.4) is 0 Å². The van der Waals surface area contributed by atoms with E-state index in [1.807, 2.05) is 19.2 Å². The number of nitrogens with zero attached hydrogens (tertiary/aromatic N) is 1. The Bertz CT molecular complexity index is 350. The lowest BCUT2D eigenvalue weighted by atomic mass is 10.1. The number of unbranched alkanes of at least 4 members (excludes halogenated alkanes) is 1. The number of amides is 1. The topological polar surface area (TPSA) is 29.5 Å². The summed E-state index contributed by atoms with van der Waals surface area (Å²) < 4.78 is 5.17. The summed E-state index contributed by atoms with van der Waals surface area (Å²) in [6.45, 7) is 2.90. The van der Waals surface area contributed by atoms with E-state index in [9.17, 15) is 4.79 Å². The molecular formula is C13H19NO2. The number of ether oxygens (including phenoxy) is 1. The van der Waals surface area contributed by atoms with Crippen LogP contribution in [0.1, 0.15) is 30.1 Å². The van der Waals surface area contributed by atoms with E-state index < -0.39 is 0 Å². The van der Waals surface area contributed by atoms with Crippen molar-refractivity contribution in [1.29, 1.82) is 0 Å². The van der Waals surface area contributed by atoms with E-state index in [4.69, 9.17) is 4.74 Å². The number of carbonyl (C=O) groups excluding carboxylic acids is 1. The van der Waals surface area contributed by atoms with E-state index in [1.165, 1.54) is 0 Å². The third-order valence-electron chi connectivity index (χ3n) is 2.53. The Labute approximate surface area is 97.0 Å². The maximum absolute atomic E-state index is 12.1. The molecule has 0 spiro atoms. The number of benzene rings is 1. The Balaban J connectivity index is 2.79. The van der Waals surface area contributed by atoms with Gasteiger partial charge in [-0.3, -0.25) is 4.79 Å². The lowest BCUT2D eigenvalue weighted by molar-refractivity contribution is 0.0790. The molecule has 0 aliphatic heterocycles. The van der Waals surface area contributed by atoms with Gasteiger partial charge in [0.15, 0.2) is 0 Å². The largest absolute Gasteiger partial charge is 0.496 e. The molecule has 0 heterocycles. The quantitative estimate of drug-likeness (QED) is 0.764. The van der Waals surface area contributed by atoms with Gasteiger partial charge in [0.05, 0.1) is 12.7 Å². The second-order valence-electron chi connectivity index (χ2n) is 3.78. The molecule has 0 N–H and O–H groups in total. The zero-order valence-electron chi connectivity index (χ0n) is 10.2. The fourth-order valence-corrected chi connectivity index (χ4v) is 1.52. The number of methoxy groups -OCH3 is 1. The molecule has 0 atom stereocenters. The normalized spacial score (nSPS) is 9.94. The zero-order chi connectivity index (χ0) is 12.0. The highest BCUT2D eigenvalue weighted by Crippen LogP contribution is 2.18. The van der Waals surface area contributed by atoms with Crippen LogP contribution in [0.2, 0.25) is 0 Å². The molecule has 16 heavy (non-hydrogen) atoms. The van der Waals surface area contributed by atoms with Crippen LogP contribution in [-0.4, -0.2) is 31.5 Å². The van der Waals surface area contributed by atoms with Crippen LogP contribution in [0.5, 0.6) is 5.75 Å². The summed E-state index contributed by atoms with van der Waals surface area (Å²) in [7, 11) is 3.41. The van der Waals surface area contributed by atoms with Gasteiger partial charge in [0, 0.05) is 13.6 Å². The highest BCUT2D eigenvalue weighted by atomic mass is 16.5. The van der Waals surface area contributed by atoms with Crippen molar-refractivity contribution < 1.29 is 9.53 Å². The van der Waals surface area contributed by atoms with Crippen LogP contribution in [0, 0.1) is 0 Å². The number of hydrogen-bond donors (Lipinski definition) is 0. The molecule has 1 aromatic carbocycles. The number of para-hydroxylation sites is 1. The highest BCUT2D eigenvalue weighted by molar-refractivity contribution is 5.96. The minimum absolute atomic E-state index is 0.0194. The van der Waals surface area contributed by atoms with E-state index in [-0.39, 0.29) is 5.91 Å². The highest BCUT2D eigenvalue weighted by Gasteiger charge is 2.15. The molecule has 0 unspecified atom stereocenters. The molecule has 0 aromatic heterocycles. The molecule has 0 fully saturated rings. The van der Waals surface area contributed by atoms with Crippen LogP contribution in [-0.2, 0) is 0 Å². The maximum Gasteiger partial charge on any atom is 0.257 e. The van der Waals surface area contributed by atoms with Crippen molar-refractivity contribution >= 4 is 5.91 Å². The molecule has 88 valence electrons. The summed E-state index contributed by atoms with van der Waals surface area (Å²) in [5.41, 5.74) is 0.628. The molecule has 0 radical (unpaired) electrons. The van der Waals surface area contributed by atoms with E-state index >= 15 is 0 Å². The van der Waals surface area contributed by atoms with Crippen LogP contribution in [0.25, 0.3) is 0 Å². The Kier molecular flexibility index (Phi) is 4.83. The van der Waals surface area contributed by atoms with Gasteiger partial charge >= 0.3 is 0 Å². The van der Waals surface area contributed by atoms with Crippen molar-refractivity contribution in [1.82, 2.24) is 4.90 Å². The third-order valence-corrected chi connectivity index (χ3v) is 2.53. The van der Waals surface area contributed by atoms with Crippen LogP contribution in [0.15, 0.2) is 24.3 Å². The monoisotopic (exact) mass is 221 g/mol. The Morgan fingerprint density at radius 2 is 2.06 bits per heavy atom. The first-order chi connectivity index (χ1) is 7.70. The molecule has 0 saturated carbocycles. The lowest BCUT2D eigenvalue weighted by Crippen LogP contribution is -2.28. The SMILES string of the molecule is CCCCN(C)C(=O)c1ccccc1OC. The predicted octanol–water partition coefficient (Wildman–Crippen LogP) is 2.57. The second-order valence-corrected chi connectivity index (χ2v) is 3.78. The van der Waals surface area contributed by atoms with E-state index in [2.05, 4.69) is 6.92 Å². The molecule has 0 bridgehead atoms. The van der Waals surface area contributed by atoms with E-state index in [0.29, 0.717) is 11.3 Å². The van der Waals surface area contributed by atoms with Crippen LogP contribution >= 0.6 is 0 Å². The number of hydrogen-bond acceptors (Lipinski definition) is 2. The van der Waals surface area contributed by atoms with Gasteiger partial charge < -0.3 is 9.64 Å². The van der Waals surface area contributed by atoms with Crippen molar-refractivity contribution in [3.8, 4) is 5.75 Å². The minimum Gasteiger partial charge on any atom is -0.496 e. The molecule has 0 aliphatic carbocycles. The summed E-state index contributed by atoms with van der Waals surface area (Å²) >= 11 is 0. The Hall–Kier alpha value is -1.51. The fraction of sp³-hybridized carbons (Fsp3) is 0.462. The number of carbonyl (C=O) groups is 1. The molecule has 1 amide bonds. The van der Waals surface area contributed by atoms with Crippen molar-refractivity contribution in [2.45, 2.75) is 19.8 Å². The van der Waals surface area contributed by atoms with Gasteiger partial charge in [-0.05, 0) is 18.6 Å². The van der Waals surface area contributed by atoms with E-state index in [0.717, 1.165) is 19.4 Å². The molecular weight excluding hydrogens is 202 g/mol.